The third-order valence-corrected chi connectivity index (χ3v) is 3.78. The van der Waals surface area contributed by atoms with E-state index in [4.69, 9.17) is 0 Å². The number of benzene rings is 2. The molecule has 5 heteroatoms. The molecule has 0 radical (unpaired) electrons. The van der Waals surface area contributed by atoms with Crippen LogP contribution < -0.4 is 0 Å². The Bertz CT molecular complexity index is 776. The molecule has 0 unspecified atom stereocenters. The summed E-state index contributed by atoms with van der Waals surface area (Å²) in [6.07, 6.45) is 1.64. The monoisotopic (exact) mass is 296 g/mol. The minimum atomic E-state index is -0.968. The maximum Gasteiger partial charge on any atom is 0.342 e. The van der Waals surface area contributed by atoms with Crippen molar-refractivity contribution in [1.29, 1.82) is 0 Å². The lowest BCUT2D eigenvalue weighted by Gasteiger charge is -1.99. The van der Waals surface area contributed by atoms with Gasteiger partial charge in [0.05, 0.1) is 11.0 Å². The number of carboxylic acids is 1. The Morgan fingerprint density at radius 2 is 1.81 bits per heavy atom. The highest BCUT2D eigenvalue weighted by Crippen LogP contribution is 2.28. The van der Waals surface area contributed by atoms with Gasteiger partial charge in [-0.05, 0) is 35.5 Å². The van der Waals surface area contributed by atoms with E-state index in [0.29, 0.717) is 5.16 Å². The lowest BCUT2D eigenvalue weighted by molar-refractivity contribution is -0.131. The Morgan fingerprint density at radius 1 is 1.10 bits per heavy atom. The number of H-pyrrole nitrogens is 1. The topological polar surface area (TPSA) is 66.0 Å². The molecule has 21 heavy (non-hydrogen) atoms. The van der Waals surface area contributed by atoms with Gasteiger partial charge in [-0.3, -0.25) is 0 Å². The van der Waals surface area contributed by atoms with Crippen molar-refractivity contribution in [2.75, 3.05) is 0 Å². The summed E-state index contributed by atoms with van der Waals surface area (Å²) in [7, 11) is 0. The SMILES string of the molecule is O=C(O)/C(=C/c1ccccc1)Sc1nc2ccccc2[nH]1. The number of aromatic nitrogens is 2. The quantitative estimate of drug-likeness (QED) is 0.568. The number of para-hydroxylation sites is 2. The zero-order valence-corrected chi connectivity index (χ0v) is 11.8. The Morgan fingerprint density at radius 3 is 2.52 bits per heavy atom. The second kappa shape index (κ2) is 5.85. The van der Waals surface area contributed by atoms with Crippen molar-refractivity contribution in [1.82, 2.24) is 9.97 Å². The zero-order chi connectivity index (χ0) is 14.7. The summed E-state index contributed by atoms with van der Waals surface area (Å²) >= 11 is 1.11. The number of nitrogens with zero attached hydrogens (tertiary/aromatic N) is 1. The fraction of sp³-hybridized carbons (Fsp3) is 0. The van der Waals surface area contributed by atoms with Gasteiger partial charge in [0.2, 0.25) is 0 Å². The van der Waals surface area contributed by atoms with E-state index in [2.05, 4.69) is 9.97 Å². The van der Waals surface area contributed by atoms with Crippen LogP contribution in [0.3, 0.4) is 0 Å². The molecular formula is C16H12N2O2S. The van der Waals surface area contributed by atoms with E-state index in [9.17, 15) is 9.90 Å². The van der Waals surface area contributed by atoms with Gasteiger partial charge in [0, 0.05) is 0 Å². The first-order valence-corrected chi connectivity index (χ1v) is 7.17. The van der Waals surface area contributed by atoms with Crippen LogP contribution in [0, 0.1) is 0 Å². The molecule has 0 spiro atoms. The number of hydrogen-bond acceptors (Lipinski definition) is 3. The molecule has 0 aliphatic heterocycles. The van der Waals surface area contributed by atoms with E-state index >= 15 is 0 Å². The molecule has 2 N–H and O–H groups in total. The summed E-state index contributed by atoms with van der Waals surface area (Å²) < 4.78 is 0. The van der Waals surface area contributed by atoms with Crippen molar-refractivity contribution in [3.8, 4) is 0 Å². The predicted molar refractivity (Wildman–Crippen MR) is 84.0 cm³/mol. The van der Waals surface area contributed by atoms with Crippen LogP contribution in [-0.2, 0) is 4.79 Å². The van der Waals surface area contributed by atoms with E-state index in [1.807, 2.05) is 54.6 Å². The lowest BCUT2D eigenvalue weighted by atomic mass is 10.2. The number of carbonyl (C=O) groups is 1. The number of hydrogen-bond donors (Lipinski definition) is 2. The number of fused-ring (bicyclic) bond motifs is 1. The number of nitrogens with one attached hydrogen (secondary N) is 1. The number of thioether (sulfide) groups is 1. The van der Waals surface area contributed by atoms with Gasteiger partial charge >= 0.3 is 5.97 Å². The maximum absolute atomic E-state index is 11.4. The molecule has 0 saturated carbocycles. The summed E-state index contributed by atoms with van der Waals surface area (Å²) in [6.45, 7) is 0. The molecular weight excluding hydrogens is 284 g/mol. The normalized spacial score (nSPS) is 11.7. The number of imidazole rings is 1. The van der Waals surface area contributed by atoms with Gasteiger partial charge in [0.15, 0.2) is 5.16 Å². The predicted octanol–water partition coefficient (Wildman–Crippen LogP) is 3.78. The van der Waals surface area contributed by atoms with Gasteiger partial charge in [0.1, 0.15) is 4.91 Å². The molecule has 0 aliphatic rings. The van der Waals surface area contributed by atoms with E-state index < -0.39 is 5.97 Å². The van der Waals surface area contributed by atoms with Crippen molar-refractivity contribution in [2.24, 2.45) is 0 Å². The fourth-order valence-electron chi connectivity index (χ4n) is 1.92. The molecule has 3 aromatic rings. The van der Waals surface area contributed by atoms with Crippen molar-refractivity contribution in [3.63, 3.8) is 0 Å². The number of aliphatic carboxylic acids is 1. The van der Waals surface area contributed by atoms with E-state index in [-0.39, 0.29) is 4.91 Å². The van der Waals surface area contributed by atoms with Crippen LogP contribution in [0.4, 0.5) is 0 Å². The molecule has 0 aliphatic carbocycles. The minimum Gasteiger partial charge on any atom is -0.477 e. The second-order valence-corrected chi connectivity index (χ2v) is 5.42. The third-order valence-electron chi connectivity index (χ3n) is 2.88. The van der Waals surface area contributed by atoms with E-state index in [1.165, 1.54) is 0 Å². The molecule has 0 atom stereocenters. The van der Waals surface area contributed by atoms with Crippen LogP contribution in [0.25, 0.3) is 17.1 Å². The van der Waals surface area contributed by atoms with Crippen molar-refractivity contribution in [2.45, 2.75) is 5.16 Å². The highest BCUT2D eigenvalue weighted by molar-refractivity contribution is 8.04. The highest BCUT2D eigenvalue weighted by atomic mass is 32.2. The first kappa shape index (κ1) is 13.5. The summed E-state index contributed by atoms with van der Waals surface area (Å²) in [5, 5.41) is 9.91. The minimum absolute atomic E-state index is 0.222. The van der Waals surface area contributed by atoms with Crippen LogP contribution in [-0.4, -0.2) is 21.0 Å². The largest absolute Gasteiger partial charge is 0.477 e. The number of carboxylic acid groups (broad SMARTS) is 1. The summed E-state index contributed by atoms with van der Waals surface area (Å²) in [5.41, 5.74) is 2.56. The fourth-order valence-corrected chi connectivity index (χ4v) is 2.71. The van der Waals surface area contributed by atoms with Gasteiger partial charge in [-0.2, -0.15) is 0 Å². The van der Waals surface area contributed by atoms with Gasteiger partial charge in [-0.25, -0.2) is 9.78 Å². The lowest BCUT2D eigenvalue weighted by Crippen LogP contribution is -1.97. The molecule has 104 valence electrons. The van der Waals surface area contributed by atoms with Crippen molar-refractivity contribution < 1.29 is 9.90 Å². The highest BCUT2D eigenvalue weighted by Gasteiger charge is 2.12. The maximum atomic E-state index is 11.4. The van der Waals surface area contributed by atoms with Crippen LogP contribution in [0.15, 0.2) is 64.7 Å². The molecule has 1 heterocycles. The van der Waals surface area contributed by atoms with Crippen molar-refractivity contribution in [3.05, 3.63) is 65.1 Å². The first-order chi connectivity index (χ1) is 10.2. The van der Waals surface area contributed by atoms with Crippen LogP contribution in [0.5, 0.6) is 0 Å². The summed E-state index contributed by atoms with van der Waals surface area (Å²) in [5.74, 6) is -0.968. The summed E-state index contributed by atoms with van der Waals surface area (Å²) in [4.78, 5) is 19.1. The molecule has 3 rings (SSSR count). The Hall–Kier alpha value is -2.53. The van der Waals surface area contributed by atoms with Crippen LogP contribution in [0.2, 0.25) is 0 Å². The number of rotatable bonds is 4. The molecule has 2 aromatic carbocycles. The first-order valence-electron chi connectivity index (χ1n) is 6.35. The van der Waals surface area contributed by atoms with Gasteiger partial charge in [-0.15, -0.1) is 0 Å². The van der Waals surface area contributed by atoms with E-state index in [0.717, 1.165) is 28.4 Å². The number of aromatic amines is 1. The molecule has 4 nitrogen and oxygen atoms in total. The average molecular weight is 296 g/mol. The van der Waals surface area contributed by atoms with Crippen LogP contribution in [0.1, 0.15) is 5.56 Å². The Labute approximate surface area is 125 Å². The molecule has 0 saturated heterocycles. The van der Waals surface area contributed by atoms with Crippen LogP contribution >= 0.6 is 11.8 Å². The molecule has 0 amide bonds. The van der Waals surface area contributed by atoms with Gasteiger partial charge in [-0.1, -0.05) is 42.5 Å². The van der Waals surface area contributed by atoms with Gasteiger partial charge in [0.25, 0.3) is 0 Å². The summed E-state index contributed by atoms with van der Waals surface area (Å²) in [6, 6.07) is 17.0. The molecule has 0 bridgehead atoms. The van der Waals surface area contributed by atoms with E-state index in [1.54, 1.807) is 6.08 Å². The standard InChI is InChI=1S/C16H12N2O2S/c19-15(20)14(10-11-6-2-1-3-7-11)21-16-17-12-8-4-5-9-13(12)18-16/h1-10H,(H,17,18)(H,19,20)/b14-10-. The third kappa shape index (κ3) is 3.14. The Kier molecular flexibility index (Phi) is 3.75. The Balaban J connectivity index is 1.92. The average Bonchev–Trinajstić information content (AvgIpc) is 2.90. The van der Waals surface area contributed by atoms with Gasteiger partial charge < -0.3 is 10.1 Å². The zero-order valence-electron chi connectivity index (χ0n) is 11.0. The molecule has 1 aromatic heterocycles. The second-order valence-electron chi connectivity index (χ2n) is 4.39. The molecule has 0 fully saturated rings. The van der Waals surface area contributed by atoms with Crippen molar-refractivity contribution >= 4 is 34.8 Å². The smallest absolute Gasteiger partial charge is 0.342 e.